The lowest BCUT2D eigenvalue weighted by Crippen LogP contribution is -2.65. The lowest BCUT2D eigenvalue weighted by molar-refractivity contribution is -0.128. The molecule has 0 saturated carbocycles. The molecular formula is C15H22N4O2S. The van der Waals surface area contributed by atoms with Crippen LogP contribution in [0.15, 0.2) is 0 Å². The van der Waals surface area contributed by atoms with E-state index in [1.807, 2.05) is 11.8 Å². The van der Waals surface area contributed by atoms with Gasteiger partial charge in [-0.1, -0.05) is 11.3 Å². The number of hydrogen-bond donors (Lipinski definition) is 0. The quantitative estimate of drug-likeness (QED) is 0.840. The van der Waals surface area contributed by atoms with Gasteiger partial charge in [0.15, 0.2) is 0 Å². The molecule has 0 N–H and O–H groups in total. The fourth-order valence-corrected chi connectivity index (χ4v) is 4.63. The maximum Gasteiger partial charge on any atom is 0.222 e. The number of hydrogen-bond acceptors (Lipinski definition) is 6. The summed E-state index contributed by atoms with van der Waals surface area (Å²) >= 11 is 1.64. The molecule has 0 unspecified atom stereocenters. The van der Waals surface area contributed by atoms with Crippen molar-refractivity contribution in [2.75, 3.05) is 37.7 Å². The van der Waals surface area contributed by atoms with Gasteiger partial charge < -0.3 is 14.5 Å². The van der Waals surface area contributed by atoms with E-state index in [0.29, 0.717) is 11.8 Å². The molecule has 1 aromatic rings. The average Bonchev–Trinajstić information content (AvgIpc) is 3.14. The summed E-state index contributed by atoms with van der Waals surface area (Å²) in [6, 6.07) is 0. The molecule has 7 heteroatoms. The van der Waals surface area contributed by atoms with Gasteiger partial charge in [-0.2, -0.15) is 0 Å². The molecule has 1 atom stereocenters. The number of aryl methyl sites for hydroxylation is 1. The van der Waals surface area contributed by atoms with Gasteiger partial charge in [0.2, 0.25) is 11.0 Å². The molecule has 0 aromatic carbocycles. The van der Waals surface area contributed by atoms with Crippen LogP contribution >= 0.6 is 11.3 Å². The molecule has 3 aliphatic rings. The number of likely N-dealkylation sites (tertiary alicyclic amines) is 1. The Morgan fingerprint density at radius 2 is 2.27 bits per heavy atom. The van der Waals surface area contributed by atoms with E-state index >= 15 is 0 Å². The number of ether oxygens (including phenoxy) is 1. The number of rotatable bonds is 4. The number of anilines is 1. The zero-order valence-electron chi connectivity index (χ0n) is 13.0. The van der Waals surface area contributed by atoms with E-state index in [2.05, 4.69) is 15.1 Å². The van der Waals surface area contributed by atoms with Crippen LogP contribution in [-0.2, 0) is 9.53 Å². The second-order valence-electron chi connectivity index (χ2n) is 6.63. The Hall–Kier alpha value is -1.21. The van der Waals surface area contributed by atoms with Gasteiger partial charge in [-0.15, -0.1) is 10.2 Å². The van der Waals surface area contributed by atoms with Gasteiger partial charge in [-0.3, -0.25) is 4.79 Å². The molecule has 4 rings (SSSR count). The minimum Gasteiger partial charge on any atom is -0.371 e. The van der Waals surface area contributed by atoms with Gasteiger partial charge in [0.1, 0.15) is 10.6 Å². The lowest BCUT2D eigenvalue weighted by atomic mass is 9.79. The number of amides is 1. The summed E-state index contributed by atoms with van der Waals surface area (Å²) in [5, 5.41) is 10.3. The van der Waals surface area contributed by atoms with E-state index in [4.69, 9.17) is 4.74 Å². The molecular weight excluding hydrogens is 300 g/mol. The molecule has 0 radical (unpaired) electrons. The maximum absolute atomic E-state index is 11.7. The summed E-state index contributed by atoms with van der Waals surface area (Å²) in [4.78, 5) is 16.0. The van der Waals surface area contributed by atoms with Crippen molar-refractivity contribution in [2.45, 2.75) is 38.2 Å². The van der Waals surface area contributed by atoms with Crippen molar-refractivity contribution in [1.29, 1.82) is 0 Å². The van der Waals surface area contributed by atoms with Crippen molar-refractivity contribution in [3.8, 4) is 0 Å². The number of nitrogens with zero attached hydrogens (tertiary/aromatic N) is 4. The number of aromatic nitrogens is 2. The summed E-state index contributed by atoms with van der Waals surface area (Å²) in [6.07, 6.45) is 3.94. The minimum absolute atomic E-state index is 0.0116. The van der Waals surface area contributed by atoms with Crippen molar-refractivity contribution < 1.29 is 9.53 Å². The molecule has 3 aliphatic heterocycles. The first-order valence-corrected chi connectivity index (χ1v) is 8.95. The van der Waals surface area contributed by atoms with Gasteiger partial charge in [0.05, 0.1) is 13.1 Å². The normalized spacial score (nSPS) is 27.0. The fourth-order valence-electron chi connectivity index (χ4n) is 3.94. The first-order valence-electron chi connectivity index (χ1n) is 8.13. The van der Waals surface area contributed by atoms with E-state index in [9.17, 15) is 4.79 Å². The van der Waals surface area contributed by atoms with Crippen molar-refractivity contribution in [3.63, 3.8) is 0 Å². The Kier molecular flexibility index (Phi) is 3.57. The maximum atomic E-state index is 11.7. The van der Waals surface area contributed by atoms with E-state index in [1.54, 1.807) is 11.3 Å². The highest BCUT2D eigenvalue weighted by molar-refractivity contribution is 7.15. The summed E-state index contributed by atoms with van der Waals surface area (Å²) in [5.41, 5.74) is -0.0116. The van der Waals surface area contributed by atoms with Crippen LogP contribution in [0.1, 0.15) is 30.7 Å². The minimum atomic E-state index is -0.0116. The topological polar surface area (TPSA) is 58.6 Å². The van der Waals surface area contributed by atoms with Gasteiger partial charge >= 0.3 is 0 Å². The molecule has 3 fully saturated rings. The lowest BCUT2D eigenvalue weighted by Gasteiger charge is -2.50. The summed E-state index contributed by atoms with van der Waals surface area (Å²) < 4.78 is 6.10. The molecule has 1 spiro atoms. The Labute approximate surface area is 134 Å². The predicted octanol–water partition coefficient (Wildman–Crippen LogP) is 1.45. The molecule has 1 aromatic heterocycles. The van der Waals surface area contributed by atoms with Crippen LogP contribution in [0.3, 0.4) is 0 Å². The number of carbonyl (C=O) groups is 1. The fraction of sp³-hybridized carbons (Fsp3) is 0.800. The molecule has 120 valence electrons. The SMILES string of the molecule is Cc1nnc(N2CC3(C2)OCC[C@@H]3CCN2CCCC2=O)s1. The Morgan fingerprint density at radius 3 is 2.95 bits per heavy atom. The van der Waals surface area contributed by atoms with Crippen molar-refractivity contribution >= 4 is 22.4 Å². The molecule has 0 aliphatic carbocycles. The summed E-state index contributed by atoms with van der Waals surface area (Å²) in [6.45, 7) is 6.50. The van der Waals surface area contributed by atoms with Crippen LogP contribution in [0.5, 0.6) is 0 Å². The van der Waals surface area contributed by atoms with Gasteiger partial charge in [0.25, 0.3) is 0 Å². The third kappa shape index (κ3) is 2.40. The molecule has 6 nitrogen and oxygen atoms in total. The highest BCUT2D eigenvalue weighted by atomic mass is 32.1. The van der Waals surface area contributed by atoms with Crippen LogP contribution in [0.4, 0.5) is 5.13 Å². The molecule has 0 bridgehead atoms. The van der Waals surface area contributed by atoms with Crippen LogP contribution in [0.2, 0.25) is 0 Å². The van der Waals surface area contributed by atoms with Crippen molar-refractivity contribution in [3.05, 3.63) is 5.01 Å². The summed E-state index contributed by atoms with van der Waals surface area (Å²) in [7, 11) is 0. The highest BCUT2D eigenvalue weighted by Crippen LogP contribution is 2.44. The monoisotopic (exact) mass is 322 g/mol. The van der Waals surface area contributed by atoms with Gasteiger partial charge in [-0.05, 0) is 32.1 Å². The molecule has 3 saturated heterocycles. The molecule has 22 heavy (non-hydrogen) atoms. The van der Waals surface area contributed by atoms with Crippen LogP contribution in [0.25, 0.3) is 0 Å². The van der Waals surface area contributed by atoms with Crippen LogP contribution in [0, 0.1) is 12.8 Å². The first-order chi connectivity index (χ1) is 10.7. The van der Waals surface area contributed by atoms with Crippen molar-refractivity contribution in [2.24, 2.45) is 5.92 Å². The molecule has 1 amide bonds. The van der Waals surface area contributed by atoms with E-state index in [1.165, 1.54) is 0 Å². The Morgan fingerprint density at radius 1 is 1.41 bits per heavy atom. The standard InChI is InChI=1S/C15H22N4O2S/c1-11-16-17-14(22-11)19-9-15(10-19)12(5-8-21-15)4-7-18-6-2-3-13(18)20/h12H,2-10H2,1H3/t12-/m0/s1. The summed E-state index contributed by atoms with van der Waals surface area (Å²) in [5.74, 6) is 0.888. The van der Waals surface area contributed by atoms with Gasteiger partial charge in [-0.25, -0.2) is 0 Å². The van der Waals surface area contributed by atoms with Gasteiger partial charge in [0, 0.05) is 26.1 Å². The first kappa shape index (κ1) is 14.4. The second-order valence-corrected chi connectivity index (χ2v) is 7.79. The highest BCUT2D eigenvalue weighted by Gasteiger charge is 2.53. The third-order valence-electron chi connectivity index (χ3n) is 5.22. The Balaban J connectivity index is 1.35. The zero-order valence-corrected chi connectivity index (χ0v) is 13.8. The predicted molar refractivity (Wildman–Crippen MR) is 84.1 cm³/mol. The Bertz CT molecular complexity index is 570. The second kappa shape index (κ2) is 5.45. The van der Waals surface area contributed by atoms with Crippen LogP contribution in [-0.4, -0.2) is 59.4 Å². The molecule has 4 heterocycles. The number of carbonyl (C=O) groups excluding carboxylic acids is 1. The van der Waals surface area contributed by atoms with Crippen LogP contribution < -0.4 is 4.90 Å². The zero-order chi connectivity index (χ0) is 15.2. The van der Waals surface area contributed by atoms with E-state index < -0.39 is 0 Å². The average molecular weight is 322 g/mol. The third-order valence-corrected chi connectivity index (χ3v) is 6.12. The smallest absolute Gasteiger partial charge is 0.222 e. The van der Waals surface area contributed by atoms with Crippen molar-refractivity contribution in [1.82, 2.24) is 15.1 Å². The van der Waals surface area contributed by atoms with E-state index in [0.717, 1.165) is 68.6 Å². The van der Waals surface area contributed by atoms with E-state index in [-0.39, 0.29) is 5.60 Å². The largest absolute Gasteiger partial charge is 0.371 e.